The summed E-state index contributed by atoms with van der Waals surface area (Å²) in [6.45, 7) is 5.38. The number of benzene rings is 1. The van der Waals surface area contributed by atoms with E-state index < -0.39 is 0 Å². The highest BCUT2D eigenvalue weighted by Gasteiger charge is 2.23. The highest BCUT2D eigenvalue weighted by atomic mass is 16.1. The Labute approximate surface area is 127 Å². The van der Waals surface area contributed by atoms with Crippen LogP contribution in [0.15, 0.2) is 18.2 Å². The SMILES string of the molecule is Cc1cc(C(=O)NCC2CCCC2C)ccc1C#CCN. The maximum atomic E-state index is 12.2. The van der Waals surface area contributed by atoms with Gasteiger partial charge in [-0.15, -0.1) is 0 Å². The Morgan fingerprint density at radius 1 is 1.43 bits per heavy atom. The standard InChI is InChI=1S/C18H24N2O/c1-13-5-3-6-17(13)12-20-18(21)16-9-8-15(7-4-10-19)14(2)11-16/h8-9,11,13,17H,3,5-6,10,12,19H2,1-2H3,(H,20,21). The molecule has 0 aromatic heterocycles. The number of rotatable bonds is 3. The van der Waals surface area contributed by atoms with Crippen molar-refractivity contribution >= 4 is 5.91 Å². The van der Waals surface area contributed by atoms with E-state index in [1.54, 1.807) is 0 Å². The summed E-state index contributed by atoms with van der Waals surface area (Å²) < 4.78 is 0. The number of amides is 1. The fraction of sp³-hybridized carbons (Fsp3) is 0.500. The third-order valence-corrected chi connectivity index (χ3v) is 4.38. The van der Waals surface area contributed by atoms with Crippen molar-refractivity contribution < 1.29 is 4.79 Å². The molecule has 1 amide bonds. The van der Waals surface area contributed by atoms with E-state index >= 15 is 0 Å². The predicted molar refractivity (Wildman–Crippen MR) is 85.9 cm³/mol. The average Bonchev–Trinajstić information content (AvgIpc) is 2.88. The molecule has 2 atom stereocenters. The molecule has 1 aromatic rings. The van der Waals surface area contributed by atoms with Gasteiger partial charge in [0.15, 0.2) is 0 Å². The molecule has 1 aromatic carbocycles. The van der Waals surface area contributed by atoms with Crippen LogP contribution in [0.4, 0.5) is 0 Å². The smallest absolute Gasteiger partial charge is 0.251 e. The Morgan fingerprint density at radius 2 is 2.24 bits per heavy atom. The first-order chi connectivity index (χ1) is 10.1. The fourth-order valence-electron chi connectivity index (χ4n) is 2.94. The van der Waals surface area contributed by atoms with Gasteiger partial charge in [0.05, 0.1) is 6.54 Å². The van der Waals surface area contributed by atoms with Crippen LogP contribution in [0.25, 0.3) is 0 Å². The van der Waals surface area contributed by atoms with E-state index in [0.717, 1.165) is 23.6 Å². The van der Waals surface area contributed by atoms with Crippen LogP contribution in [0.1, 0.15) is 47.7 Å². The summed E-state index contributed by atoms with van der Waals surface area (Å²) in [5.74, 6) is 7.22. The quantitative estimate of drug-likeness (QED) is 0.838. The molecule has 1 fully saturated rings. The van der Waals surface area contributed by atoms with Gasteiger partial charge in [-0.1, -0.05) is 31.6 Å². The molecule has 2 unspecified atom stereocenters. The van der Waals surface area contributed by atoms with Gasteiger partial charge in [-0.25, -0.2) is 0 Å². The molecular weight excluding hydrogens is 260 g/mol. The molecule has 0 saturated heterocycles. The zero-order chi connectivity index (χ0) is 15.2. The molecule has 1 aliphatic carbocycles. The molecule has 3 N–H and O–H groups in total. The second kappa shape index (κ2) is 7.28. The highest BCUT2D eigenvalue weighted by Crippen LogP contribution is 2.30. The van der Waals surface area contributed by atoms with Crippen LogP contribution in [-0.4, -0.2) is 19.0 Å². The molecule has 3 heteroatoms. The van der Waals surface area contributed by atoms with Gasteiger partial charge in [0.1, 0.15) is 0 Å². The Hall–Kier alpha value is -1.79. The average molecular weight is 284 g/mol. The van der Waals surface area contributed by atoms with Crippen LogP contribution in [0.2, 0.25) is 0 Å². The molecule has 1 saturated carbocycles. The Kier molecular flexibility index (Phi) is 5.41. The highest BCUT2D eigenvalue weighted by molar-refractivity contribution is 5.94. The molecular formula is C18H24N2O. The number of carbonyl (C=O) groups is 1. The zero-order valence-electron chi connectivity index (χ0n) is 12.9. The van der Waals surface area contributed by atoms with Crippen molar-refractivity contribution in [1.82, 2.24) is 5.32 Å². The van der Waals surface area contributed by atoms with E-state index in [1.165, 1.54) is 19.3 Å². The molecule has 1 aliphatic rings. The minimum atomic E-state index is 0.00975. The summed E-state index contributed by atoms with van der Waals surface area (Å²) in [6.07, 6.45) is 3.80. The van der Waals surface area contributed by atoms with Crippen molar-refractivity contribution in [1.29, 1.82) is 0 Å². The molecule has 0 aliphatic heterocycles. The molecule has 2 rings (SSSR count). The largest absolute Gasteiger partial charge is 0.352 e. The van der Waals surface area contributed by atoms with E-state index in [9.17, 15) is 4.79 Å². The molecule has 3 nitrogen and oxygen atoms in total. The number of aryl methyl sites for hydroxylation is 1. The fourth-order valence-corrected chi connectivity index (χ4v) is 2.94. The van der Waals surface area contributed by atoms with Gasteiger partial charge in [-0.2, -0.15) is 0 Å². The molecule has 0 radical (unpaired) electrons. The zero-order valence-corrected chi connectivity index (χ0v) is 12.9. The first-order valence-electron chi connectivity index (χ1n) is 7.69. The summed E-state index contributed by atoms with van der Waals surface area (Å²) in [4.78, 5) is 12.2. The lowest BCUT2D eigenvalue weighted by Crippen LogP contribution is -2.30. The molecule has 112 valence electrons. The van der Waals surface area contributed by atoms with Crippen molar-refractivity contribution in [2.24, 2.45) is 17.6 Å². The lowest BCUT2D eigenvalue weighted by molar-refractivity contribution is 0.0944. The minimum Gasteiger partial charge on any atom is -0.352 e. The first kappa shape index (κ1) is 15.6. The lowest BCUT2D eigenvalue weighted by atomic mass is 9.98. The number of nitrogens with one attached hydrogen (secondary N) is 1. The summed E-state index contributed by atoms with van der Waals surface area (Å²) in [5, 5.41) is 3.07. The third kappa shape index (κ3) is 4.09. The van der Waals surface area contributed by atoms with Crippen LogP contribution >= 0.6 is 0 Å². The van der Waals surface area contributed by atoms with Gasteiger partial charge in [0, 0.05) is 17.7 Å². The summed E-state index contributed by atoms with van der Waals surface area (Å²) in [6, 6.07) is 5.62. The summed E-state index contributed by atoms with van der Waals surface area (Å²) in [7, 11) is 0. The number of nitrogens with two attached hydrogens (primary N) is 1. The van der Waals surface area contributed by atoms with Crippen LogP contribution in [0.5, 0.6) is 0 Å². The minimum absolute atomic E-state index is 0.00975. The summed E-state index contributed by atoms with van der Waals surface area (Å²) >= 11 is 0. The Bertz CT molecular complexity index is 568. The van der Waals surface area contributed by atoms with Gasteiger partial charge in [0.2, 0.25) is 0 Å². The van der Waals surface area contributed by atoms with E-state index in [4.69, 9.17) is 5.73 Å². The number of carbonyl (C=O) groups excluding carboxylic acids is 1. The Balaban J connectivity index is 1.97. The molecule has 21 heavy (non-hydrogen) atoms. The molecule has 0 spiro atoms. The third-order valence-electron chi connectivity index (χ3n) is 4.38. The maximum absolute atomic E-state index is 12.2. The van der Waals surface area contributed by atoms with E-state index in [-0.39, 0.29) is 5.91 Å². The van der Waals surface area contributed by atoms with E-state index in [2.05, 4.69) is 24.1 Å². The first-order valence-corrected chi connectivity index (χ1v) is 7.69. The number of hydrogen-bond acceptors (Lipinski definition) is 2. The number of hydrogen-bond donors (Lipinski definition) is 2. The van der Waals surface area contributed by atoms with Gasteiger partial charge in [-0.3, -0.25) is 4.79 Å². The Morgan fingerprint density at radius 3 is 2.86 bits per heavy atom. The second-order valence-electron chi connectivity index (χ2n) is 5.91. The van der Waals surface area contributed by atoms with Crippen LogP contribution < -0.4 is 11.1 Å². The van der Waals surface area contributed by atoms with E-state index in [1.807, 2.05) is 25.1 Å². The van der Waals surface area contributed by atoms with Gasteiger partial charge in [0.25, 0.3) is 5.91 Å². The second-order valence-corrected chi connectivity index (χ2v) is 5.91. The monoisotopic (exact) mass is 284 g/mol. The van der Waals surface area contributed by atoms with Crippen molar-refractivity contribution in [3.63, 3.8) is 0 Å². The van der Waals surface area contributed by atoms with Crippen molar-refractivity contribution in [3.8, 4) is 11.8 Å². The van der Waals surface area contributed by atoms with Gasteiger partial charge in [-0.05, 0) is 48.9 Å². The van der Waals surface area contributed by atoms with Gasteiger partial charge < -0.3 is 11.1 Å². The molecule has 0 bridgehead atoms. The summed E-state index contributed by atoms with van der Waals surface area (Å²) in [5.41, 5.74) is 8.03. The van der Waals surface area contributed by atoms with E-state index in [0.29, 0.717) is 18.0 Å². The topological polar surface area (TPSA) is 55.1 Å². The van der Waals surface area contributed by atoms with Crippen molar-refractivity contribution in [3.05, 3.63) is 34.9 Å². The lowest BCUT2D eigenvalue weighted by Gasteiger charge is -2.16. The maximum Gasteiger partial charge on any atom is 0.251 e. The predicted octanol–water partition coefficient (Wildman–Crippen LogP) is 2.47. The normalized spacial score (nSPS) is 20.7. The van der Waals surface area contributed by atoms with Crippen LogP contribution in [0.3, 0.4) is 0 Å². The van der Waals surface area contributed by atoms with Crippen LogP contribution in [-0.2, 0) is 0 Å². The molecule has 0 heterocycles. The van der Waals surface area contributed by atoms with Crippen molar-refractivity contribution in [2.45, 2.75) is 33.1 Å². The van der Waals surface area contributed by atoms with Crippen molar-refractivity contribution in [2.75, 3.05) is 13.1 Å². The van der Waals surface area contributed by atoms with Crippen LogP contribution in [0, 0.1) is 30.6 Å². The van der Waals surface area contributed by atoms with Gasteiger partial charge >= 0.3 is 0 Å².